The van der Waals surface area contributed by atoms with E-state index in [0.717, 1.165) is 32.8 Å². The molecule has 0 saturated carbocycles. The molecule has 1 aliphatic heterocycles. The van der Waals surface area contributed by atoms with E-state index in [4.69, 9.17) is 4.74 Å². The van der Waals surface area contributed by atoms with Gasteiger partial charge in [0.2, 0.25) is 0 Å². The van der Waals surface area contributed by atoms with E-state index in [9.17, 15) is 0 Å². The number of hydrogen-bond acceptors (Lipinski definition) is 4. The Kier molecular flexibility index (Phi) is 5.35. The van der Waals surface area contributed by atoms with E-state index >= 15 is 0 Å². The summed E-state index contributed by atoms with van der Waals surface area (Å²) in [4.78, 5) is 3.73. The van der Waals surface area contributed by atoms with Gasteiger partial charge in [0.05, 0.1) is 12.7 Å². The van der Waals surface area contributed by atoms with E-state index in [1.165, 1.54) is 10.6 Å². The molecule has 1 aromatic rings. The van der Waals surface area contributed by atoms with Crippen molar-refractivity contribution in [3.63, 3.8) is 0 Å². The zero-order chi connectivity index (χ0) is 12.8. The largest absolute Gasteiger partial charge is 0.382 e. The summed E-state index contributed by atoms with van der Waals surface area (Å²) in [5.41, 5.74) is 1.18. The first kappa shape index (κ1) is 13.7. The van der Waals surface area contributed by atoms with E-state index in [1.54, 1.807) is 11.8 Å². The summed E-state index contributed by atoms with van der Waals surface area (Å²) < 4.78 is 5.78. The average molecular weight is 266 g/mol. The number of hydrogen-bond donors (Lipinski definition) is 1. The molecule has 0 aromatic heterocycles. The van der Waals surface area contributed by atoms with Crippen LogP contribution in [0.1, 0.15) is 6.92 Å². The Morgan fingerprint density at radius 2 is 2.39 bits per heavy atom. The zero-order valence-corrected chi connectivity index (χ0v) is 12.0. The Bertz CT molecular complexity index is 373. The van der Waals surface area contributed by atoms with Crippen molar-refractivity contribution in [2.45, 2.75) is 17.9 Å². The van der Waals surface area contributed by atoms with Crippen molar-refractivity contribution in [3.05, 3.63) is 24.3 Å². The van der Waals surface area contributed by atoms with Gasteiger partial charge in [-0.15, -0.1) is 11.8 Å². The van der Waals surface area contributed by atoms with Gasteiger partial charge in [-0.3, -0.25) is 4.90 Å². The number of nitrogens with zero attached hydrogens (tertiary/aromatic N) is 1. The Morgan fingerprint density at radius 1 is 1.50 bits per heavy atom. The van der Waals surface area contributed by atoms with Gasteiger partial charge in [-0.25, -0.2) is 0 Å². The molecule has 1 fully saturated rings. The normalized spacial score (nSPS) is 20.9. The first-order valence-electron chi connectivity index (χ1n) is 6.53. The fraction of sp³-hybridized carbons (Fsp3) is 0.571. The van der Waals surface area contributed by atoms with Gasteiger partial charge in [0.1, 0.15) is 0 Å². The van der Waals surface area contributed by atoms with Crippen molar-refractivity contribution in [3.8, 4) is 0 Å². The van der Waals surface area contributed by atoms with Crippen LogP contribution in [0.3, 0.4) is 0 Å². The highest BCUT2D eigenvalue weighted by molar-refractivity contribution is 7.98. The van der Waals surface area contributed by atoms with E-state index in [0.29, 0.717) is 6.10 Å². The predicted octanol–water partition coefficient (Wildman–Crippen LogP) is 2.54. The number of thioether (sulfide) groups is 1. The molecule has 1 N–H and O–H groups in total. The van der Waals surface area contributed by atoms with Crippen LogP contribution in [0.2, 0.25) is 0 Å². The number of benzene rings is 1. The van der Waals surface area contributed by atoms with Crippen LogP contribution in [0, 0.1) is 0 Å². The fourth-order valence-electron chi connectivity index (χ4n) is 2.16. The SMILES string of the molecule is CCN1CCOC(CNc2cccc(SC)c2)C1. The van der Waals surface area contributed by atoms with Gasteiger partial charge in [-0.1, -0.05) is 13.0 Å². The molecule has 1 aliphatic rings. The Morgan fingerprint density at radius 3 is 3.17 bits per heavy atom. The maximum absolute atomic E-state index is 5.78. The molecular formula is C14H22N2OS. The molecule has 0 amide bonds. The lowest BCUT2D eigenvalue weighted by atomic mass is 10.2. The van der Waals surface area contributed by atoms with Crippen LogP contribution < -0.4 is 5.32 Å². The summed E-state index contributed by atoms with van der Waals surface area (Å²) in [5, 5.41) is 3.47. The second-order valence-corrected chi connectivity index (χ2v) is 5.38. The first-order valence-corrected chi connectivity index (χ1v) is 7.76. The quantitative estimate of drug-likeness (QED) is 0.828. The van der Waals surface area contributed by atoms with Gasteiger partial charge in [-0.2, -0.15) is 0 Å². The molecule has 0 bridgehead atoms. The van der Waals surface area contributed by atoms with E-state index in [-0.39, 0.29) is 0 Å². The van der Waals surface area contributed by atoms with Gasteiger partial charge < -0.3 is 10.1 Å². The van der Waals surface area contributed by atoms with Crippen LogP contribution >= 0.6 is 11.8 Å². The molecule has 0 spiro atoms. The van der Waals surface area contributed by atoms with Crippen molar-refractivity contribution in [1.82, 2.24) is 4.90 Å². The van der Waals surface area contributed by atoms with Crippen molar-refractivity contribution in [2.75, 3.05) is 44.4 Å². The molecule has 3 nitrogen and oxygen atoms in total. The third-order valence-electron chi connectivity index (χ3n) is 3.27. The Labute approximate surface area is 114 Å². The zero-order valence-electron chi connectivity index (χ0n) is 11.2. The van der Waals surface area contributed by atoms with Crippen molar-refractivity contribution in [2.24, 2.45) is 0 Å². The van der Waals surface area contributed by atoms with Gasteiger partial charge in [-0.05, 0) is 31.0 Å². The molecule has 2 rings (SSSR count). The monoisotopic (exact) mass is 266 g/mol. The maximum atomic E-state index is 5.78. The number of rotatable bonds is 5. The van der Waals surface area contributed by atoms with E-state index in [2.05, 4.69) is 47.7 Å². The highest BCUT2D eigenvalue weighted by Crippen LogP contribution is 2.19. The fourth-order valence-corrected chi connectivity index (χ4v) is 2.62. The van der Waals surface area contributed by atoms with Crippen molar-refractivity contribution in [1.29, 1.82) is 0 Å². The molecule has 1 unspecified atom stereocenters. The molecule has 0 aliphatic carbocycles. The number of nitrogens with one attached hydrogen (secondary N) is 1. The lowest BCUT2D eigenvalue weighted by Gasteiger charge is -2.32. The van der Waals surface area contributed by atoms with Gasteiger partial charge in [0.15, 0.2) is 0 Å². The standard InChI is InChI=1S/C14H22N2OS/c1-3-16-7-8-17-13(11-16)10-15-12-5-4-6-14(9-12)18-2/h4-6,9,13,15H,3,7-8,10-11H2,1-2H3. The van der Waals surface area contributed by atoms with Crippen molar-refractivity contribution < 1.29 is 4.74 Å². The molecule has 4 heteroatoms. The second-order valence-electron chi connectivity index (χ2n) is 4.50. The molecule has 1 heterocycles. The minimum Gasteiger partial charge on any atom is -0.382 e. The van der Waals surface area contributed by atoms with Crippen LogP contribution in [0.5, 0.6) is 0 Å². The topological polar surface area (TPSA) is 24.5 Å². The summed E-state index contributed by atoms with van der Waals surface area (Å²) in [6.45, 7) is 7.15. The van der Waals surface area contributed by atoms with Crippen LogP contribution in [-0.4, -0.2) is 50.0 Å². The molecule has 18 heavy (non-hydrogen) atoms. The number of ether oxygens (including phenoxy) is 1. The third kappa shape index (κ3) is 3.90. The summed E-state index contributed by atoms with van der Waals surface area (Å²) in [5.74, 6) is 0. The molecule has 100 valence electrons. The lowest BCUT2D eigenvalue weighted by molar-refractivity contribution is -0.0191. The smallest absolute Gasteiger partial charge is 0.0874 e. The lowest BCUT2D eigenvalue weighted by Crippen LogP contribution is -2.45. The average Bonchev–Trinajstić information content (AvgIpc) is 2.45. The second kappa shape index (κ2) is 7.02. The Hall–Kier alpha value is -0.710. The predicted molar refractivity (Wildman–Crippen MR) is 78.6 cm³/mol. The van der Waals surface area contributed by atoms with Crippen LogP contribution in [0.4, 0.5) is 5.69 Å². The highest BCUT2D eigenvalue weighted by Gasteiger charge is 2.18. The highest BCUT2D eigenvalue weighted by atomic mass is 32.2. The molecule has 1 aromatic carbocycles. The van der Waals surface area contributed by atoms with Crippen LogP contribution in [-0.2, 0) is 4.74 Å². The molecule has 1 atom stereocenters. The van der Waals surface area contributed by atoms with Gasteiger partial charge >= 0.3 is 0 Å². The van der Waals surface area contributed by atoms with Gasteiger partial charge in [0.25, 0.3) is 0 Å². The number of likely N-dealkylation sites (N-methyl/N-ethyl adjacent to an activating group) is 1. The van der Waals surface area contributed by atoms with E-state index in [1.807, 2.05) is 0 Å². The minimum absolute atomic E-state index is 0.302. The summed E-state index contributed by atoms with van der Waals surface area (Å²) in [7, 11) is 0. The van der Waals surface area contributed by atoms with Crippen LogP contribution in [0.25, 0.3) is 0 Å². The number of anilines is 1. The van der Waals surface area contributed by atoms with Crippen molar-refractivity contribution >= 4 is 17.4 Å². The number of morpholine rings is 1. The minimum atomic E-state index is 0.302. The van der Waals surface area contributed by atoms with E-state index < -0.39 is 0 Å². The summed E-state index contributed by atoms with van der Waals surface area (Å²) in [6, 6.07) is 8.52. The molecule has 1 saturated heterocycles. The molecular weight excluding hydrogens is 244 g/mol. The van der Waals surface area contributed by atoms with Crippen LogP contribution in [0.15, 0.2) is 29.2 Å². The third-order valence-corrected chi connectivity index (χ3v) is 4.00. The summed E-state index contributed by atoms with van der Waals surface area (Å²) >= 11 is 1.77. The molecule has 0 radical (unpaired) electrons. The summed E-state index contributed by atoms with van der Waals surface area (Å²) in [6.07, 6.45) is 2.40. The first-order chi connectivity index (χ1) is 8.81. The maximum Gasteiger partial charge on any atom is 0.0874 e. The van der Waals surface area contributed by atoms with Gasteiger partial charge in [0, 0.05) is 30.2 Å². The Balaban J connectivity index is 1.83.